The number of hydrogen-bond acceptors (Lipinski definition) is 6. The number of nitrogens with one attached hydrogen (secondary N) is 1. The molecule has 9 nitrogen and oxygen atoms in total. The Morgan fingerprint density at radius 3 is 2.49 bits per heavy atom. The van der Waals surface area contributed by atoms with E-state index in [4.69, 9.17) is 9.47 Å². The highest BCUT2D eigenvalue weighted by atomic mass is 16.5. The molecule has 0 unspecified atom stereocenters. The van der Waals surface area contributed by atoms with Gasteiger partial charge in [-0.3, -0.25) is 9.59 Å². The number of ether oxygens (including phenoxy) is 2. The van der Waals surface area contributed by atoms with Gasteiger partial charge < -0.3 is 19.7 Å². The van der Waals surface area contributed by atoms with Crippen LogP contribution >= 0.6 is 0 Å². The summed E-state index contributed by atoms with van der Waals surface area (Å²) in [7, 11) is 3.13. The predicted molar refractivity (Wildman–Crippen MR) is 149 cm³/mol. The number of para-hydroxylation sites is 1. The summed E-state index contributed by atoms with van der Waals surface area (Å²) in [6.45, 7) is 2.31. The molecule has 1 N–H and O–H groups in total. The van der Waals surface area contributed by atoms with E-state index >= 15 is 0 Å². The fraction of sp³-hybridized carbons (Fsp3) is 0.333. The number of aryl methyl sites for hydroxylation is 1. The van der Waals surface area contributed by atoms with Crippen molar-refractivity contribution in [2.75, 3.05) is 19.5 Å². The second kappa shape index (κ2) is 11.1. The van der Waals surface area contributed by atoms with Crippen molar-refractivity contribution < 1.29 is 19.1 Å². The highest BCUT2D eigenvalue weighted by molar-refractivity contribution is 6.01. The Kier molecular flexibility index (Phi) is 7.49. The van der Waals surface area contributed by atoms with Crippen molar-refractivity contribution >= 4 is 28.5 Å². The van der Waals surface area contributed by atoms with E-state index in [-0.39, 0.29) is 18.4 Å². The Hall–Kier alpha value is -4.40. The van der Waals surface area contributed by atoms with Crippen LogP contribution in [0.1, 0.15) is 36.8 Å². The molecule has 1 aliphatic carbocycles. The molecule has 0 bridgehead atoms. The van der Waals surface area contributed by atoms with Crippen molar-refractivity contribution in [1.29, 1.82) is 0 Å². The molecule has 0 spiro atoms. The van der Waals surface area contributed by atoms with Gasteiger partial charge in [0, 0.05) is 12.6 Å². The number of amides is 2. The number of nitrogens with zero attached hydrogens (tertiary/aromatic N) is 4. The van der Waals surface area contributed by atoms with Crippen LogP contribution in [-0.2, 0) is 22.7 Å². The summed E-state index contributed by atoms with van der Waals surface area (Å²) in [5.74, 6) is 0.694. The smallest absolute Gasteiger partial charge is 0.250 e. The van der Waals surface area contributed by atoms with E-state index < -0.39 is 5.54 Å². The summed E-state index contributed by atoms with van der Waals surface area (Å²) >= 11 is 0. The zero-order chi connectivity index (χ0) is 27.4. The van der Waals surface area contributed by atoms with Gasteiger partial charge >= 0.3 is 0 Å². The van der Waals surface area contributed by atoms with Gasteiger partial charge in [-0.05, 0) is 55.2 Å². The monoisotopic (exact) mass is 527 g/mol. The minimum absolute atomic E-state index is 0.0206. The molecule has 4 aromatic rings. The molecule has 0 saturated heterocycles. The molecule has 39 heavy (non-hydrogen) atoms. The lowest BCUT2D eigenvalue weighted by molar-refractivity contribution is -0.147. The molecular formula is C30H33N5O4. The minimum atomic E-state index is -1.03. The summed E-state index contributed by atoms with van der Waals surface area (Å²) in [6.07, 6.45) is 2.81. The number of methoxy groups -OCH3 is 2. The molecule has 9 heteroatoms. The van der Waals surface area contributed by atoms with E-state index in [0.29, 0.717) is 36.6 Å². The molecule has 202 valence electrons. The summed E-state index contributed by atoms with van der Waals surface area (Å²) in [6, 6.07) is 20.7. The topological polar surface area (TPSA) is 98.6 Å². The lowest BCUT2D eigenvalue weighted by Gasteiger charge is -2.40. The SMILES string of the molecule is COc1ccc(NC(=O)C2(N(Cc3ccccc3C)C(=O)Cn3nnc4ccccc43)CCCC2)c(OC)c1. The van der Waals surface area contributed by atoms with Crippen LogP contribution in [0.2, 0.25) is 0 Å². The van der Waals surface area contributed by atoms with E-state index in [2.05, 4.69) is 15.6 Å². The highest BCUT2D eigenvalue weighted by Crippen LogP contribution is 2.39. The van der Waals surface area contributed by atoms with Crippen LogP contribution in [-0.4, -0.2) is 51.5 Å². The molecule has 1 heterocycles. The van der Waals surface area contributed by atoms with Gasteiger partial charge in [0.1, 0.15) is 29.1 Å². The molecule has 5 rings (SSSR count). The average Bonchev–Trinajstić information content (AvgIpc) is 3.61. The molecule has 1 aliphatic rings. The van der Waals surface area contributed by atoms with Crippen molar-refractivity contribution in [2.45, 2.75) is 51.2 Å². The number of benzene rings is 3. The van der Waals surface area contributed by atoms with E-state index in [0.717, 1.165) is 35.0 Å². The first-order valence-electron chi connectivity index (χ1n) is 13.1. The van der Waals surface area contributed by atoms with Crippen LogP contribution in [0.3, 0.4) is 0 Å². The third kappa shape index (κ3) is 5.16. The lowest BCUT2D eigenvalue weighted by atomic mass is 9.91. The van der Waals surface area contributed by atoms with Gasteiger partial charge in [0.2, 0.25) is 11.8 Å². The number of aromatic nitrogens is 3. The Bertz CT molecular complexity index is 1490. The molecule has 3 aromatic carbocycles. The van der Waals surface area contributed by atoms with Crippen molar-refractivity contribution in [3.63, 3.8) is 0 Å². The van der Waals surface area contributed by atoms with Crippen molar-refractivity contribution in [1.82, 2.24) is 19.9 Å². The van der Waals surface area contributed by atoms with Crippen molar-refractivity contribution in [2.24, 2.45) is 0 Å². The standard InChI is InChI=1S/C30H33N5O4/c1-21-10-4-5-11-22(21)19-34(28(36)20-35-26-13-7-6-12-24(26)32-33-35)30(16-8-9-17-30)29(37)31-25-15-14-23(38-2)18-27(25)39-3/h4-7,10-15,18H,8-9,16-17,19-20H2,1-3H3,(H,31,37). The molecule has 0 radical (unpaired) electrons. The summed E-state index contributed by atoms with van der Waals surface area (Å²) < 4.78 is 12.4. The van der Waals surface area contributed by atoms with Gasteiger partial charge in [-0.2, -0.15) is 0 Å². The lowest BCUT2D eigenvalue weighted by Crippen LogP contribution is -2.57. The van der Waals surface area contributed by atoms with E-state index in [1.807, 2.05) is 55.5 Å². The molecule has 0 atom stereocenters. The van der Waals surface area contributed by atoms with Crippen LogP contribution in [0.15, 0.2) is 66.7 Å². The largest absolute Gasteiger partial charge is 0.497 e. The number of fused-ring (bicyclic) bond motifs is 1. The van der Waals surface area contributed by atoms with E-state index in [9.17, 15) is 9.59 Å². The van der Waals surface area contributed by atoms with Crippen LogP contribution < -0.4 is 14.8 Å². The molecule has 1 aromatic heterocycles. The zero-order valence-electron chi connectivity index (χ0n) is 22.5. The van der Waals surface area contributed by atoms with Gasteiger partial charge in [-0.1, -0.05) is 54.5 Å². The second-order valence-corrected chi connectivity index (χ2v) is 9.90. The fourth-order valence-corrected chi connectivity index (χ4v) is 5.40. The predicted octanol–water partition coefficient (Wildman–Crippen LogP) is 4.74. The van der Waals surface area contributed by atoms with Crippen LogP contribution in [0.4, 0.5) is 5.69 Å². The second-order valence-electron chi connectivity index (χ2n) is 9.90. The summed E-state index contributed by atoms with van der Waals surface area (Å²) in [5, 5.41) is 11.5. The van der Waals surface area contributed by atoms with E-state index in [1.165, 1.54) is 0 Å². The Labute approximate surface area is 227 Å². The first-order chi connectivity index (χ1) is 18.9. The third-order valence-electron chi connectivity index (χ3n) is 7.62. The highest BCUT2D eigenvalue weighted by Gasteiger charge is 2.48. The van der Waals surface area contributed by atoms with Gasteiger partial charge in [-0.15, -0.1) is 5.10 Å². The summed E-state index contributed by atoms with van der Waals surface area (Å²) in [4.78, 5) is 30.1. The minimum Gasteiger partial charge on any atom is -0.497 e. The van der Waals surface area contributed by atoms with E-state index in [1.54, 1.807) is 42.0 Å². The fourth-order valence-electron chi connectivity index (χ4n) is 5.40. The Morgan fingerprint density at radius 1 is 1.00 bits per heavy atom. The number of carbonyl (C=O) groups excluding carboxylic acids is 2. The first kappa shape index (κ1) is 26.2. The van der Waals surface area contributed by atoms with Gasteiger partial charge in [0.15, 0.2) is 0 Å². The maximum Gasteiger partial charge on any atom is 0.250 e. The molecule has 2 amide bonds. The first-order valence-corrected chi connectivity index (χ1v) is 13.1. The normalized spacial score (nSPS) is 14.2. The maximum atomic E-state index is 14.2. The quantitative estimate of drug-likeness (QED) is 0.338. The van der Waals surface area contributed by atoms with Gasteiger partial charge in [0.25, 0.3) is 0 Å². The number of carbonyl (C=O) groups is 2. The molecule has 1 fully saturated rings. The van der Waals surface area contributed by atoms with Crippen molar-refractivity contribution in [3.05, 3.63) is 77.9 Å². The number of anilines is 1. The van der Waals surface area contributed by atoms with Gasteiger partial charge in [0.05, 0.1) is 25.4 Å². The van der Waals surface area contributed by atoms with Crippen LogP contribution in [0.5, 0.6) is 11.5 Å². The van der Waals surface area contributed by atoms with Gasteiger partial charge in [-0.25, -0.2) is 4.68 Å². The van der Waals surface area contributed by atoms with Crippen LogP contribution in [0, 0.1) is 6.92 Å². The molecule has 0 aliphatic heterocycles. The maximum absolute atomic E-state index is 14.2. The Balaban J connectivity index is 1.52. The van der Waals surface area contributed by atoms with Crippen molar-refractivity contribution in [3.8, 4) is 11.5 Å². The Morgan fingerprint density at radius 2 is 1.74 bits per heavy atom. The number of hydrogen-bond donors (Lipinski definition) is 1. The number of rotatable bonds is 9. The molecular weight excluding hydrogens is 494 g/mol. The third-order valence-corrected chi connectivity index (χ3v) is 7.62. The van der Waals surface area contributed by atoms with Crippen LogP contribution in [0.25, 0.3) is 11.0 Å². The molecule has 1 saturated carbocycles. The summed E-state index contributed by atoms with van der Waals surface area (Å²) in [5.41, 5.74) is 3.05. The average molecular weight is 528 g/mol. The zero-order valence-corrected chi connectivity index (χ0v) is 22.5.